The van der Waals surface area contributed by atoms with Crippen LogP contribution in [0, 0.1) is 13.8 Å². The molecule has 0 unspecified atom stereocenters. The molecule has 0 aliphatic heterocycles. The van der Waals surface area contributed by atoms with Crippen molar-refractivity contribution in [1.82, 2.24) is 0 Å². The molecule has 2 nitrogen and oxygen atoms in total. The lowest BCUT2D eigenvalue weighted by atomic mass is 9.85. The molecular weight excluding hydrogens is 200 g/mol. The summed E-state index contributed by atoms with van der Waals surface area (Å²) in [5.74, 6) is 1.10. The van der Waals surface area contributed by atoms with Crippen LogP contribution in [0.25, 0.3) is 0 Å². The molecule has 86 valence electrons. The summed E-state index contributed by atoms with van der Waals surface area (Å²) in [5, 5.41) is 0. The molecule has 0 atom stereocenters. The van der Waals surface area contributed by atoms with Gasteiger partial charge in [0, 0.05) is 17.5 Å². The molecule has 2 heteroatoms. The summed E-state index contributed by atoms with van der Waals surface area (Å²) in [6.07, 6.45) is 0.607. The van der Waals surface area contributed by atoms with Crippen molar-refractivity contribution < 1.29 is 9.53 Å². The van der Waals surface area contributed by atoms with Crippen LogP contribution in [0.5, 0.6) is 5.75 Å². The largest absolute Gasteiger partial charge is 0.496 e. The standard InChI is InChI=1S/C14H18O2/c1-8-6-10-12(9(2)13(8)16-5)11(15)7-14(10,3)4/h6H,7H2,1-5H3. The Balaban J connectivity index is 2.77. The zero-order valence-electron chi connectivity index (χ0n) is 10.6. The maximum atomic E-state index is 12.0. The van der Waals surface area contributed by atoms with Crippen molar-refractivity contribution in [2.45, 2.75) is 39.5 Å². The maximum absolute atomic E-state index is 12.0. The van der Waals surface area contributed by atoms with Crippen LogP contribution in [0.3, 0.4) is 0 Å². The van der Waals surface area contributed by atoms with Crippen LogP contribution < -0.4 is 4.74 Å². The van der Waals surface area contributed by atoms with E-state index < -0.39 is 0 Å². The number of fused-ring (bicyclic) bond motifs is 1. The summed E-state index contributed by atoms with van der Waals surface area (Å²) in [4.78, 5) is 12.0. The van der Waals surface area contributed by atoms with E-state index in [0.717, 1.165) is 22.4 Å². The third kappa shape index (κ3) is 1.36. The first-order valence-corrected chi connectivity index (χ1v) is 5.60. The van der Waals surface area contributed by atoms with Crippen LogP contribution in [0.15, 0.2) is 6.07 Å². The number of rotatable bonds is 1. The second-order valence-corrected chi connectivity index (χ2v) is 5.26. The van der Waals surface area contributed by atoms with E-state index >= 15 is 0 Å². The number of benzene rings is 1. The molecular formula is C14H18O2. The van der Waals surface area contributed by atoms with Crippen molar-refractivity contribution >= 4 is 5.78 Å². The molecule has 2 rings (SSSR count). The molecule has 0 N–H and O–H groups in total. The van der Waals surface area contributed by atoms with Crippen LogP contribution in [0.2, 0.25) is 0 Å². The second kappa shape index (κ2) is 3.34. The van der Waals surface area contributed by atoms with Crippen molar-refractivity contribution in [1.29, 1.82) is 0 Å². The number of carbonyl (C=O) groups excluding carboxylic acids is 1. The van der Waals surface area contributed by atoms with E-state index in [1.54, 1.807) is 7.11 Å². The van der Waals surface area contributed by atoms with Gasteiger partial charge in [-0.05, 0) is 30.4 Å². The van der Waals surface area contributed by atoms with Gasteiger partial charge in [-0.15, -0.1) is 0 Å². The smallest absolute Gasteiger partial charge is 0.164 e. The molecule has 0 amide bonds. The Labute approximate surface area is 96.6 Å². The van der Waals surface area contributed by atoms with Gasteiger partial charge in [0.25, 0.3) is 0 Å². The van der Waals surface area contributed by atoms with Crippen LogP contribution in [-0.4, -0.2) is 12.9 Å². The van der Waals surface area contributed by atoms with Crippen molar-refractivity contribution in [3.63, 3.8) is 0 Å². The van der Waals surface area contributed by atoms with E-state index in [4.69, 9.17) is 4.74 Å². The van der Waals surface area contributed by atoms with Gasteiger partial charge in [-0.1, -0.05) is 19.9 Å². The second-order valence-electron chi connectivity index (χ2n) is 5.26. The first-order chi connectivity index (χ1) is 7.38. The van der Waals surface area contributed by atoms with Gasteiger partial charge in [0.2, 0.25) is 0 Å². The lowest BCUT2D eigenvalue weighted by Gasteiger charge is -2.20. The zero-order chi connectivity index (χ0) is 12.1. The van der Waals surface area contributed by atoms with E-state index in [-0.39, 0.29) is 11.2 Å². The fraction of sp³-hybridized carbons (Fsp3) is 0.500. The van der Waals surface area contributed by atoms with E-state index in [9.17, 15) is 4.79 Å². The van der Waals surface area contributed by atoms with Gasteiger partial charge >= 0.3 is 0 Å². The number of Topliss-reactive ketones (excluding diaryl/α,β-unsaturated/α-hetero) is 1. The number of ether oxygens (including phenoxy) is 1. The Morgan fingerprint density at radius 2 is 1.94 bits per heavy atom. The molecule has 1 aliphatic carbocycles. The molecule has 1 aromatic rings. The third-order valence-corrected chi connectivity index (χ3v) is 3.52. The Hall–Kier alpha value is -1.31. The molecule has 0 heterocycles. The molecule has 0 fully saturated rings. The quantitative estimate of drug-likeness (QED) is 0.723. The van der Waals surface area contributed by atoms with Gasteiger partial charge in [0.05, 0.1) is 7.11 Å². The minimum atomic E-state index is -0.0335. The normalized spacial score (nSPS) is 17.4. The van der Waals surface area contributed by atoms with Crippen LogP contribution in [0.1, 0.15) is 47.3 Å². The summed E-state index contributed by atoms with van der Waals surface area (Å²) in [6.45, 7) is 8.26. The van der Waals surface area contributed by atoms with Crippen molar-refractivity contribution in [3.8, 4) is 5.75 Å². The van der Waals surface area contributed by atoms with Gasteiger partial charge in [0.1, 0.15) is 5.75 Å². The fourth-order valence-corrected chi connectivity index (χ4v) is 2.76. The Morgan fingerprint density at radius 1 is 1.31 bits per heavy atom. The van der Waals surface area contributed by atoms with Crippen LogP contribution in [-0.2, 0) is 5.41 Å². The molecule has 16 heavy (non-hydrogen) atoms. The predicted molar refractivity (Wildman–Crippen MR) is 64.4 cm³/mol. The van der Waals surface area contributed by atoms with Crippen LogP contribution in [0.4, 0.5) is 0 Å². The van der Waals surface area contributed by atoms with Gasteiger partial charge in [-0.3, -0.25) is 4.79 Å². The fourth-order valence-electron chi connectivity index (χ4n) is 2.76. The van der Waals surface area contributed by atoms with Crippen molar-refractivity contribution in [2.75, 3.05) is 7.11 Å². The average Bonchev–Trinajstić information content (AvgIpc) is 2.37. The number of carbonyl (C=O) groups is 1. The van der Waals surface area contributed by atoms with Gasteiger partial charge < -0.3 is 4.74 Å². The molecule has 0 spiro atoms. The highest BCUT2D eigenvalue weighted by molar-refractivity contribution is 6.04. The van der Waals surface area contributed by atoms with Crippen molar-refractivity contribution in [2.24, 2.45) is 0 Å². The van der Waals surface area contributed by atoms with Gasteiger partial charge in [-0.25, -0.2) is 0 Å². The molecule has 0 saturated heterocycles. The molecule has 0 bridgehead atoms. The number of ketones is 1. The molecule has 1 aromatic carbocycles. The summed E-state index contributed by atoms with van der Waals surface area (Å²) in [7, 11) is 1.66. The number of methoxy groups -OCH3 is 1. The van der Waals surface area contributed by atoms with Gasteiger partial charge in [-0.2, -0.15) is 0 Å². The topological polar surface area (TPSA) is 26.3 Å². The van der Waals surface area contributed by atoms with E-state index in [0.29, 0.717) is 6.42 Å². The molecule has 0 radical (unpaired) electrons. The lowest BCUT2D eigenvalue weighted by molar-refractivity contribution is 0.0978. The minimum absolute atomic E-state index is 0.0335. The van der Waals surface area contributed by atoms with Crippen LogP contribution >= 0.6 is 0 Å². The number of aryl methyl sites for hydroxylation is 1. The first-order valence-electron chi connectivity index (χ1n) is 5.60. The summed E-state index contributed by atoms with van der Waals surface area (Å²) in [5.41, 5.74) is 4.13. The minimum Gasteiger partial charge on any atom is -0.496 e. The molecule has 0 aromatic heterocycles. The number of hydrogen-bond donors (Lipinski definition) is 0. The van der Waals surface area contributed by atoms with E-state index in [2.05, 4.69) is 19.9 Å². The predicted octanol–water partition coefficient (Wildman–Crippen LogP) is 3.18. The summed E-state index contributed by atoms with van der Waals surface area (Å²) in [6, 6.07) is 2.10. The highest BCUT2D eigenvalue weighted by Crippen LogP contribution is 2.43. The summed E-state index contributed by atoms with van der Waals surface area (Å²) >= 11 is 0. The SMILES string of the molecule is COc1c(C)cc2c(c1C)C(=O)CC2(C)C. The molecule has 0 saturated carbocycles. The van der Waals surface area contributed by atoms with E-state index in [1.165, 1.54) is 5.56 Å². The number of hydrogen-bond acceptors (Lipinski definition) is 2. The van der Waals surface area contributed by atoms with Crippen molar-refractivity contribution in [3.05, 3.63) is 28.3 Å². The Bertz CT molecular complexity index is 470. The average molecular weight is 218 g/mol. The van der Waals surface area contributed by atoms with Gasteiger partial charge in [0.15, 0.2) is 5.78 Å². The highest BCUT2D eigenvalue weighted by atomic mass is 16.5. The van der Waals surface area contributed by atoms with E-state index in [1.807, 2.05) is 13.8 Å². The first kappa shape index (κ1) is 11.2. The molecule has 1 aliphatic rings. The Morgan fingerprint density at radius 3 is 2.50 bits per heavy atom. The highest BCUT2D eigenvalue weighted by Gasteiger charge is 2.38. The monoisotopic (exact) mass is 218 g/mol. The lowest BCUT2D eigenvalue weighted by Crippen LogP contribution is -2.13. The third-order valence-electron chi connectivity index (χ3n) is 3.52. The Kier molecular flexibility index (Phi) is 2.33. The maximum Gasteiger partial charge on any atom is 0.164 e. The zero-order valence-corrected chi connectivity index (χ0v) is 10.6. The summed E-state index contributed by atoms with van der Waals surface area (Å²) < 4.78 is 5.37.